The van der Waals surface area contributed by atoms with Crippen molar-refractivity contribution in [2.24, 2.45) is 0 Å². The Morgan fingerprint density at radius 1 is 1.36 bits per heavy atom. The summed E-state index contributed by atoms with van der Waals surface area (Å²) in [7, 11) is -3.71. The van der Waals surface area contributed by atoms with E-state index in [-0.39, 0.29) is 22.5 Å². The van der Waals surface area contributed by atoms with Gasteiger partial charge < -0.3 is 0 Å². The summed E-state index contributed by atoms with van der Waals surface area (Å²) in [5, 5.41) is 8.89. The number of halogens is 1. The van der Waals surface area contributed by atoms with Crippen LogP contribution >= 0.6 is 0 Å². The zero-order chi connectivity index (χ0) is 15.9. The van der Waals surface area contributed by atoms with Gasteiger partial charge in [0.05, 0.1) is 10.5 Å². The summed E-state index contributed by atoms with van der Waals surface area (Å²) in [4.78, 5) is 2.32. The van der Waals surface area contributed by atoms with E-state index in [1.165, 1.54) is 10.4 Å². The van der Waals surface area contributed by atoms with Crippen LogP contribution in [0.2, 0.25) is 0 Å². The maximum atomic E-state index is 13.4. The van der Waals surface area contributed by atoms with E-state index < -0.39 is 15.8 Å². The molecule has 0 aromatic heterocycles. The third-order valence-corrected chi connectivity index (χ3v) is 6.52. The first-order valence-corrected chi connectivity index (χ1v) is 8.83. The van der Waals surface area contributed by atoms with Crippen LogP contribution in [0.3, 0.4) is 0 Å². The van der Waals surface area contributed by atoms with E-state index in [1.807, 2.05) is 6.92 Å². The van der Waals surface area contributed by atoms with Gasteiger partial charge in [0.1, 0.15) is 11.9 Å². The summed E-state index contributed by atoms with van der Waals surface area (Å²) < 4.78 is 40.6. The molecule has 0 spiro atoms. The third kappa shape index (κ3) is 2.51. The zero-order valence-electron chi connectivity index (χ0n) is 12.4. The molecule has 0 radical (unpaired) electrons. The highest BCUT2D eigenvalue weighted by Crippen LogP contribution is 2.29. The maximum absolute atomic E-state index is 13.4. The van der Waals surface area contributed by atoms with Crippen LogP contribution in [-0.4, -0.2) is 49.3 Å². The number of sulfonamides is 1. The van der Waals surface area contributed by atoms with Gasteiger partial charge in [-0.15, -0.1) is 0 Å². The predicted octanol–water partition coefficient (Wildman–Crippen LogP) is 1.55. The molecule has 0 aliphatic carbocycles. The van der Waals surface area contributed by atoms with Crippen molar-refractivity contribution in [1.82, 2.24) is 9.21 Å². The monoisotopic (exact) mass is 323 g/mol. The summed E-state index contributed by atoms with van der Waals surface area (Å²) in [6.07, 6.45) is 2.10. The molecule has 2 aliphatic rings. The lowest BCUT2D eigenvalue weighted by atomic mass is 10.1. The first-order valence-electron chi connectivity index (χ1n) is 7.39. The number of nitrogens with zero attached hydrogens (tertiary/aromatic N) is 3. The van der Waals surface area contributed by atoms with Crippen molar-refractivity contribution < 1.29 is 12.8 Å². The van der Waals surface area contributed by atoms with Crippen molar-refractivity contribution in [3.8, 4) is 6.07 Å². The standard InChI is InChI=1S/C15H18FN3O2S/c1-11-9-18-6-2-3-13(18)10-19(11)22(20,21)14-4-5-15(16)12(7-14)8-17/h4-5,7,11,13H,2-3,6,9-10H2,1H3/t11-,13-/m1/s1. The van der Waals surface area contributed by atoms with E-state index in [9.17, 15) is 12.8 Å². The normalized spacial score (nSPS) is 26.6. The number of benzene rings is 1. The first-order chi connectivity index (χ1) is 10.4. The van der Waals surface area contributed by atoms with Crippen LogP contribution in [0.25, 0.3) is 0 Å². The molecule has 22 heavy (non-hydrogen) atoms. The lowest BCUT2D eigenvalue weighted by Gasteiger charge is -2.41. The molecule has 3 rings (SSSR count). The fourth-order valence-electron chi connectivity index (χ4n) is 3.38. The molecule has 5 nitrogen and oxygen atoms in total. The van der Waals surface area contributed by atoms with E-state index >= 15 is 0 Å². The predicted molar refractivity (Wildman–Crippen MR) is 79.1 cm³/mol. The van der Waals surface area contributed by atoms with Gasteiger partial charge in [-0.25, -0.2) is 12.8 Å². The van der Waals surface area contributed by atoms with Gasteiger partial charge in [0, 0.05) is 25.2 Å². The van der Waals surface area contributed by atoms with Crippen molar-refractivity contribution in [2.75, 3.05) is 19.6 Å². The highest BCUT2D eigenvalue weighted by molar-refractivity contribution is 7.89. The molecule has 118 valence electrons. The number of hydrogen-bond donors (Lipinski definition) is 0. The van der Waals surface area contributed by atoms with E-state index in [0.717, 1.165) is 38.1 Å². The fourth-order valence-corrected chi connectivity index (χ4v) is 5.07. The third-order valence-electron chi connectivity index (χ3n) is 4.54. The Morgan fingerprint density at radius 2 is 2.14 bits per heavy atom. The van der Waals surface area contributed by atoms with Gasteiger partial charge in [0.2, 0.25) is 10.0 Å². The molecule has 0 amide bonds. The van der Waals surface area contributed by atoms with Crippen LogP contribution < -0.4 is 0 Å². The van der Waals surface area contributed by atoms with Gasteiger partial charge in [0.25, 0.3) is 0 Å². The molecule has 0 unspecified atom stereocenters. The molecule has 0 saturated carbocycles. The molecule has 2 heterocycles. The molecule has 7 heteroatoms. The minimum atomic E-state index is -3.71. The number of rotatable bonds is 2. The summed E-state index contributed by atoms with van der Waals surface area (Å²) in [6.45, 7) is 4.10. The Labute approximate surface area is 130 Å². The fraction of sp³-hybridized carbons (Fsp3) is 0.533. The van der Waals surface area contributed by atoms with Gasteiger partial charge in [-0.1, -0.05) is 0 Å². The molecule has 0 bridgehead atoms. The van der Waals surface area contributed by atoms with Crippen LogP contribution in [0.1, 0.15) is 25.3 Å². The van der Waals surface area contributed by atoms with Crippen LogP contribution in [-0.2, 0) is 10.0 Å². The second kappa shape index (κ2) is 5.61. The van der Waals surface area contributed by atoms with E-state index in [2.05, 4.69) is 4.90 Å². The second-order valence-electron chi connectivity index (χ2n) is 5.97. The smallest absolute Gasteiger partial charge is 0.243 e. The van der Waals surface area contributed by atoms with Crippen LogP contribution in [0.4, 0.5) is 4.39 Å². The number of fused-ring (bicyclic) bond motifs is 1. The lowest BCUT2D eigenvalue weighted by molar-refractivity contribution is 0.117. The van der Waals surface area contributed by atoms with Crippen molar-refractivity contribution >= 4 is 10.0 Å². The van der Waals surface area contributed by atoms with Crippen molar-refractivity contribution in [1.29, 1.82) is 5.26 Å². The molecule has 0 N–H and O–H groups in total. The first kappa shape index (κ1) is 15.4. The number of hydrogen-bond acceptors (Lipinski definition) is 4. The van der Waals surface area contributed by atoms with Gasteiger partial charge in [0.15, 0.2) is 0 Å². The Morgan fingerprint density at radius 3 is 2.86 bits per heavy atom. The quantitative estimate of drug-likeness (QED) is 0.828. The molecule has 2 atom stereocenters. The summed E-state index contributed by atoms with van der Waals surface area (Å²) >= 11 is 0. The van der Waals surface area contributed by atoms with Gasteiger partial charge in [-0.2, -0.15) is 9.57 Å². The maximum Gasteiger partial charge on any atom is 0.243 e. The van der Waals surface area contributed by atoms with Crippen LogP contribution in [0.5, 0.6) is 0 Å². The Balaban J connectivity index is 1.94. The topological polar surface area (TPSA) is 64.4 Å². The Bertz CT molecular complexity index is 729. The number of nitriles is 1. The Kier molecular flexibility index (Phi) is 3.93. The van der Waals surface area contributed by atoms with E-state index in [4.69, 9.17) is 5.26 Å². The zero-order valence-corrected chi connectivity index (χ0v) is 13.2. The van der Waals surface area contributed by atoms with Crippen LogP contribution in [0.15, 0.2) is 23.1 Å². The largest absolute Gasteiger partial charge is 0.297 e. The van der Waals surface area contributed by atoms with Crippen LogP contribution in [0, 0.1) is 17.1 Å². The minimum Gasteiger partial charge on any atom is -0.297 e. The van der Waals surface area contributed by atoms with Crippen molar-refractivity contribution in [3.63, 3.8) is 0 Å². The highest BCUT2D eigenvalue weighted by Gasteiger charge is 2.40. The minimum absolute atomic E-state index is 0.0104. The highest BCUT2D eigenvalue weighted by atomic mass is 32.2. The number of piperazine rings is 1. The summed E-state index contributed by atoms with van der Waals surface area (Å²) in [5.41, 5.74) is -0.242. The molecule has 1 aromatic rings. The Hall–Kier alpha value is -1.49. The summed E-state index contributed by atoms with van der Waals surface area (Å²) in [6, 6.07) is 5.23. The summed E-state index contributed by atoms with van der Waals surface area (Å²) in [5.74, 6) is -0.699. The SMILES string of the molecule is C[C@@H]1CN2CCC[C@@H]2CN1S(=O)(=O)c1ccc(F)c(C#N)c1. The lowest BCUT2D eigenvalue weighted by Crippen LogP contribution is -2.56. The molecule has 2 saturated heterocycles. The van der Waals surface area contributed by atoms with Gasteiger partial charge in [-0.05, 0) is 44.5 Å². The molecule has 2 fully saturated rings. The molecular formula is C15H18FN3O2S. The van der Waals surface area contributed by atoms with Crippen molar-refractivity contribution in [2.45, 2.75) is 36.7 Å². The van der Waals surface area contributed by atoms with Gasteiger partial charge >= 0.3 is 0 Å². The van der Waals surface area contributed by atoms with Crippen molar-refractivity contribution in [3.05, 3.63) is 29.6 Å². The van der Waals surface area contributed by atoms with E-state index in [0.29, 0.717) is 6.54 Å². The molecule has 2 aliphatic heterocycles. The van der Waals surface area contributed by atoms with Gasteiger partial charge in [-0.3, -0.25) is 4.90 Å². The average molecular weight is 323 g/mol. The average Bonchev–Trinajstić information content (AvgIpc) is 2.93. The molecular weight excluding hydrogens is 305 g/mol. The molecule has 1 aromatic carbocycles. The van der Waals surface area contributed by atoms with E-state index in [1.54, 1.807) is 6.07 Å². The second-order valence-corrected chi connectivity index (χ2v) is 7.86.